The first-order valence-electron chi connectivity index (χ1n) is 5.43. The molecule has 0 spiro atoms. The molecule has 0 fully saturated rings. The van der Waals surface area contributed by atoms with E-state index in [1.165, 1.54) is 0 Å². The molecule has 0 saturated heterocycles. The van der Waals surface area contributed by atoms with Crippen molar-refractivity contribution >= 4 is 17.4 Å². The smallest absolute Gasteiger partial charge is 0.128 e. The maximum absolute atomic E-state index is 5.72. The largest absolute Gasteiger partial charge is 0.357 e. The van der Waals surface area contributed by atoms with E-state index in [9.17, 15) is 0 Å². The highest BCUT2D eigenvalue weighted by Gasteiger charge is 2.07. The molecular weight excluding hydrogens is 208 g/mol. The Morgan fingerprint density at radius 3 is 2.53 bits per heavy atom. The molecule has 0 N–H and O–H groups in total. The van der Waals surface area contributed by atoms with Crippen molar-refractivity contribution in [1.29, 1.82) is 0 Å². The summed E-state index contributed by atoms with van der Waals surface area (Å²) in [5, 5.41) is 0. The van der Waals surface area contributed by atoms with Gasteiger partial charge in [-0.1, -0.05) is 19.9 Å². The molecule has 2 nitrogen and oxygen atoms in total. The average molecular weight is 227 g/mol. The number of pyridine rings is 1. The van der Waals surface area contributed by atoms with Gasteiger partial charge in [0.15, 0.2) is 0 Å². The minimum atomic E-state index is 0.531. The van der Waals surface area contributed by atoms with Crippen LogP contribution in [-0.2, 0) is 5.88 Å². The molecule has 15 heavy (non-hydrogen) atoms. The zero-order valence-electron chi connectivity index (χ0n) is 9.70. The van der Waals surface area contributed by atoms with Gasteiger partial charge in [-0.05, 0) is 24.5 Å². The fraction of sp³-hybridized carbons (Fsp3) is 0.583. The van der Waals surface area contributed by atoms with Gasteiger partial charge in [-0.25, -0.2) is 4.98 Å². The Morgan fingerprint density at radius 2 is 2.13 bits per heavy atom. The molecule has 1 aromatic rings. The molecule has 0 aromatic carbocycles. The summed E-state index contributed by atoms with van der Waals surface area (Å²) in [7, 11) is 0. The summed E-state index contributed by atoms with van der Waals surface area (Å²) in [6.45, 7) is 8.63. The van der Waals surface area contributed by atoms with E-state index in [0.717, 1.165) is 24.5 Å². The first-order valence-corrected chi connectivity index (χ1v) is 5.96. The van der Waals surface area contributed by atoms with Crippen LogP contribution in [0.3, 0.4) is 0 Å². The average Bonchev–Trinajstić information content (AvgIpc) is 2.26. The van der Waals surface area contributed by atoms with Crippen LogP contribution in [0.15, 0.2) is 18.3 Å². The molecule has 0 amide bonds. The molecule has 1 heterocycles. The first-order chi connectivity index (χ1) is 7.17. The number of alkyl halides is 1. The second-order valence-corrected chi connectivity index (χ2v) is 4.36. The Kier molecular flexibility index (Phi) is 4.89. The molecule has 84 valence electrons. The summed E-state index contributed by atoms with van der Waals surface area (Å²) in [5.41, 5.74) is 1.07. The summed E-state index contributed by atoms with van der Waals surface area (Å²) in [4.78, 5) is 6.70. The number of hydrogen-bond acceptors (Lipinski definition) is 2. The van der Waals surface area contributed by atoms with Crippen LogP contribution in [0.25, 0.3) is 0 Å². The molecule has 1 aromatic heterocycles. The highest BCUT2D eigenvalue weighted by molar-refractivity contribution is 6.17. The van der Waals surface area contributed by atoms with Crippen LogP contribution in [0.1, 0.15) is 26.3 Å². The van der Waals surface area contributed by atoms with Crippen LogP contribution in [0.2, 0.25) is 0 Å². The summed E-state index contributed by atoms with van der Waals surface area (Å²) in [6, 6.07) is 4.09. The molecular formula is C12H19ClN2. The van der Waals surface area contributed by atoms with Gasteiger partial charge in [0.2, 0.25) is 0 Å². The third-order valence-electron chi connectivity index (χ3n) is 2.25. The van der Waals surface area contributed by atoms with Crippen LogP contribution in [0, 0.1) is 5.92 Å². The van der Waals surface area contributed by atoms with Crippen molar-refractivity contribution in [2.45, 2.75) is 26.7 Å². The summed E-state index contributed by atoms with van der Waals surface area (Å²) in [6.07, 6.45) is 1.85. The van der Waals surface area contributed by atoms with Crippen molar-refractivity contribution in [3.63, 3.8) is 0 Å². The maximum Gasteiger partial charge on any atom is 0.128 e. The van der Waals surface area contributed by atoms with Crippen molar-refractivity contribution < 1.29 is 0 Å². The standard InChI is InChI=1S/C12H19ClN2/c1-4-15(9-10(2)3)12-6-5-11(7-13)8-14-12/h5-6,8,10H,4,7,9H2,1-3H3. The number of rotatable bonds is 5. The molecule has 1 rings (SSSR count). The fourth-order valence-corrected chi connectivity index (χ4v) is 1.67. The third kappa shape index (κ3) is 3.71. The summed E-state index contributed by atoms with van der Waals surface area (Å²) >= 11 is 5.72. The minimum Gasteiger partial charge on any atom is -0.357 e. The van der Waals surface area contributed by atoms with Gasteiger partial charge in [0.1, 0.15) is 5.82 Å². The van der Waals surface area contributed by atoms with Crippen LogP contribution in [0.4, 0.5) is 5.82 Å². The molecule has 3 heteroatoms. The lowest BCUT2D eigenvalue weighted by Gasteiger charge is -2.23. The zero-order valence-corrected chi connectivity index (χ0v) is 10.5. The van der Waals surface area contributed by atoms with Crippen molar-refractivity contribution in [2.24, 2.45) is 5.92 Å². The van der Waals surface area contributed by atoms with Crippen LogP contribution >= 0.6 is 11.6 Å². The van der Waals surface area contributed by atoms with E-state index < -0.39 is 0 Å². The van der Waals surface area contributed by atoms with Crippen molar-refractivity contribution in [2.75, 3.05) is 18.0 Å². The Labute approximate surface area is 97.3 Å². The summed E-state index contributed by atoms with van der Waals surface area (Å²) in [5.74, 6) is 2.23. The topological polar surface area (TPSA) is 16.1 Å². The summed E-state index contributed by atoms with van der Waals surface area (Å²) < 4.78 is 0. The number of anilines is 1. The quantitative estimate of drug-likeness (QED) is 0.717. The lowest BCUT2D eigenvalue weighted by Crippen LogP contribution is -2.27. The molecule has 0 aliphatic rings. The SMILES string of the molecule is CCN(CC(C)C)c1ccc(CCl)cn1. The minimum absolute atomic E-state index is 0.531. The van der Waals surface area contributed by atoms with Gasteiger partial charge < -0.3 is 4.90 Å². The van der Waals surface area contributed by atoms with Gasteiger partial charge in [-0.15, -0.1) is 11.6 Å². The Bertz CT molecular complexity index is 282. The molecule has 0 unspecified atom stereocenters. The van der Waals surface area contributed by atoms with Gasteiger partial charge in [0.05, 0.1) is 0 Å². The number of nitrogens with zero attached hydrogens (tertiary/aromatic N) is 2. The van der Waals surface area contributed by atoms with Gasteiger partial charge in [-0.3, -0.25) is 0 Å². The van der Waals surface area contributed by atoms with E-state index in [0.29, 0.717) is 11.8 Å². The molecule has 0 aliphatic carbocycles. The Morgan fingerprint density at radius 1 is 1.40 bits per heavy atom. The highest BCUT2D eigenvalue weighted by Crippen LogP contribution is 2.13. The monoisotopic (exact) mass is 226 g/mol. The highest BCUT2D eigenvalue weighted by atomic mass is 35.5. The van der Waals surface area contributed by atoms with Crippen molar-refractivity contribution in [1.82, 2.24) is 4.98 Å². The van der Waals surface area contributed by atoms with E-state index >= 15 is 0 Å². The first kappa shape index (κ1) is 12.3. The molecule has 0 atom stereocenters. The third-order valence-corrected chi connectivity index (χ3v) is 2.56. The van der Waals surface area contributed by atoms with Gasteiger partial charge in [0.25, 0.3) is 0 Å². The van der Waals surface area contributed by atoms with E-state index in [2.05, 4.69) is 30.7 Å². The molecule has 0 aliphatic heterocycles. The number of aromatic nitrogens is 1. The second kappa shape index (κ2) is 5.96. The number of hydrogen-bond donors (Lipinski definition) is 0. The normalized spacial score (nSPS) is 10.7. The van der Waals surface area contributed by atoms with E-state index in [-0.39, 0.29) is 0 Å². The predicted octanol–water partition coefficient (Wildman–Crippen LogP) is 3.30. The van der Waals surface area contributed by atoms with Crippen LogP contribution in [0.5, 0.6) is 0 Å². The van der Waals surface area contributed by atoms with Gasteiger partial charge in [0, 0.05) is 25.2 Å². The van der Waals surface area contributed by atoms with E-state index in [1.54, 1.807) is 0 Å². The lowest BCUT2D eigenvalue weighted by atomic mass is 10.2. The van der Waals surface area contributed by atoms with Crippen molar-refractivity contribution in [3.05, 3.63) is 23.9 Å². The van der Waals surface area contributed by atoms with Crippen molar-refractivity contribution in [3.8, 4) is 0 Å². The number of halogens is 1. The molecule has 0 saturated carbocycles. The zero-order chi connectivity index (χ0) is 11.3. The Hall–Kier alpha value is -0.760. The maximum atomic E-state index is 5.72. The van der Waals surface area contributed by atoms with Gasteiger partial charge >= 0.3 is 0 Å². The van der Waals surface area contributed by atoms with Crippen LogP contribution in [-0.4, -0.2) is 18.1 Å². The van der Waals surface area contributed by atoms with Crippen LogP contribution < -0.4 is 4.90 Å². The fourth-order valence-electron chi connectivity index (χ4n) is 1.51. The van der Waals surface area contributed by atoms with E-state index in [1.807, 2.05) is 18.3 Å². The van der Waals surface area contributed by atoms with Gasteiger partial charge in [-0.2, -0.15) is 0 Å². The molecule has 0 bridgehead atoms. The lowest BCUT2D eigenvalue weighted by molar-refractivity contribution is 0.614. The van der Waals surface area contributed by atoms with E-state index in [4.69, 9.17) is 11.6 Å². The molecule has 0 radical (unpaired) electrons. The second-order valence-electron chi connectivity index (χ2n) is 4.09. The predicted molar refractivity (Wildman–Crippen MR) is 66.5 cm³/mol. The Balaban J connectivity index is 2.74.